The summed E-state index contributed by atoms with van der Waals surface area (Å²) in [4.78, 5) is 0.234. The molecule has 1 unspecified atom stereocenters. The van der Waals surface area contributed by atoms with Crippen molar-refractivity contribution in [3.63, 3.8) is 0 Å². The van der Waals surface area contributed by atoms with Crippen molar-refractivity contribution in [2.24, 2.45) is 0 Å². The van der Waals surface area contributed by atoms with Gasteiger partial charge in [0.05, 0.1) is 4.90 Å². The van der Waals surface area contributed by atoms with Crippen LogP contribution in [0.3, 0.4) is 0 Å². The van der Waals surface area contributed by atoms with Crippen LogP contribution in [0.2, 0.25) is 0 Å². The molecule has 1 atom stereocenters. The fourth-order valence-corrected chi connectivity index (χ4v) is 3.08. The molecule has 0 bridgehead atoms. The summed E-state index contributed by atoms with van der Waals surface area (Å²) >= 11 is 3.28. The van der Waals surface area contributed by atoms with Crippen LogP contribution in [0.25, 0.3) is 0 Å². The van der Waals surface area contributed by atoms with Crippen LogP contribution in [0.15, 0.2) is 64.0 Å². The number of hydrogen-bond acceptors (Lipinski definition) is 3. The summed E-state index contributed by atoms with van der Waals surface area (Å²) in [6.07, 6.45) is -0.266. The summed E-state index contributed by atoms with van der Waals surface area (Å²) in [5.41, 5.74) is 0. The van der Waals surface area contributed by atoms with E-state index in [-0.39, 0.29) is 17.5 Å². The van der Waals surface area contributed by atoms with Gasteiger partial charge in [0.1, 0.15) is 11.9 Å². The minimum absolute atomic E-state index is 0.202. The number of nitrogens with one attached hydrogen (secondary N) is 1. The lowest BCUT2D eigenvalue weighted by Gasteiger charge is -2.15. The third-order valence-electron chi connectivity index (χ3n) is 2.77. The SMILES string of the molecule is CC(CNS(=O)(=O)c1ccc(Br)cc1)Oc1ccccc1. The molecule has 0 aliphatic heterocycles. The van der Waals surface area contributed by atoms with Gasteiger partial charge in [0.2, 0.25) is 10.0 Å². The zero-order valence-corrected chi connectivity index (χ0v) is 13.9. The van der Waals surface area contributed by atoms with Gasteiger partial charge in [0.25, 0.3) is 0 Å². The van der Waals surface area contributed by atoms with Gasteiger partial charge in [0, 0.05) is 11.0 Å². The molecular formula is C15H16BrNO3S. The highest BCUT2D eigenvalue weighted by Gasteiger charge is 2.15. The Morgan fingerprint density at radius 1 is 1.10 bits per heavy atom. The van der Waals surface area contributed by atoms with E-state index in [1.165, 1.54) is 0 Å². The van der Waals surface area contributed by atoms with Crippen LogP contribution in [0.4, 0.5) is 0 Å². The van der Waals surface area contributed by atoms with Crippen molar-refractivity contribution >= 4 is 26.0 Å². The molecule has 2 aromatic rings. The van der Waals surface area contributed by atoms with Gasteiger partial charge in [-0.25, -0.2) is 13.1 Å². The van der Waals surface area contributed by atoms with Crippen molar-refractivity contribution in [3.8, 4) is 5.75 Å². The van der Waals surface area contributed by atoms with Crippen LogP contribution in [0, 0.1) is 0 Å². The van der Waals surface area contributed by atoms with Gasteiger partial charge in [-0.2, -0.15) is 0 Å². The zero-order chi connectivity index (χ0) is 15.3. The second-order valence-electron chi connectivity index (χ2n) is 4.55. The van der Waals surface area contributed by atoms with E-state index in [1.807, 2.05) is 37.3 Å². The summed E-state index contributed by atoms with van der Waals surface area (Å²) < 4.78 is 33.2. The fourth-order valence-electron chi connectivity index (χ4n) is 1.70. The van der Waals surface area contributed by atoms with Gasteiger partial charge in [-0.1, -0.05) is 34.1 Å². The highest BCUT2D eigenvalue weighted by Crippen LogP contribution is 2.15. The molecule has 0 spiro atoms. The standard InChI is InChI=1S/C15H16BrNO3S/c1-12(20-14-5-3-2-4-6-14)11-17-21(18,19)15-9-7-13(16)8-10-15/h2-10,12,17H,11H2,1H3. The highest BCUT2D eigenvalue weighted by molar-refractivity contribution is 9.10. The second kappa shape index (κ2) is 7.06. The minimum atomic E-state index is -3.52. The third-order valence-corrected chi connectivity index (χ3v) is 4.73. The molecule has 112 valence electrons. The molecule has 0 radical (unpaired) electrons. The molecule has 2 aromatic carbocycles. The van der Waals surface area contributed by atoms with E-state index in [9.17, 15) is 8.42 Å². The molecule has 0 saturated carbocycles. The predicted molar refractivity (Wildman–Crippen MR) is 85.9 cm³/mol. The number of benzene rings is 2. The smallest absolute Gasteiger partial charge is 0.240 e. The summed E-state index contributed by atoms with van der Waals surface area (Å²) in [7, 11) is -3.52. The molecule has 0 fully saturated rings. The number of hydrogen-bond donors (Lipinski definition) is 1. The van der Waals surface area contributed by atoms with Gasteiger partial charge in [0.15, 0.2) is 0 Å². The van der Waals surface area contributed by atoms with Crippen molar-refractivity contribution in [3.05, 3.63) is 59.1 Å². The van der Waals surface area contributed by atoms with Gasteiger partial charge in [-0.05, 0) is 43.3 Å². The molecule has 0 heterocycles. The summed E-state index contributed by atoms with van der Waals surface area (Å²) in [5.74, 6) is 0.716. The van der Waals surface area contributed by atoms with Crippen molar-refractivity contribution in [2.75, 3.05) is 6.54 Å². The molecule has 21 heavy (non-hydrogen) atoms. The van der Waals surface area contributed by atoms with Crippen molar-refractivity contribution in [1.29, 1.82) is 0 Å². The first-order valence-corrected chi connectivity index (χ1v) is 8.72. The monoisotopic (exact) mass is 369 g/mol. The molecule has 0 amide bonds. The maximum Gasteiger partial charge on any atom is 0.240 e. The first kappa shape index (κ1) is 16.0. The van der Waals surface area contributed by atoms with E-state index < -0.39 is 10.0 Å². The molecule has 1 N–H and O–H groups in total. The third kappa shape index (κ3) is 4.84. The van der Waals surface area contributed by atoms with Gasteiger partial charge in [-0.15, -0.1) is 0 Å². The normalized spacial score (nSPS) is 12.9. The molecule has 2 rings (SSSR count). The summed E-state index contributed by atoms with van der Waals surface area (Å²) in [6.45, 7) is 2.02. The van der Waals surface area contributed by atoms with E-state index in [4.69, 9.17) is 4.74 Å². The van der Waals surface area contributed by atoms with Crippen LogP contribution in [0.5, 0.6) is 5.75 Å². The maximum atomic E-state index is 12.1. The Hall–Kier alpha value is -1.37. The molecule has 0 aliphatic rings. The van der Waals surface area contributed by atoms with Crippen LogP contribution in [-0.4, -0.2) is 21.1 Å². The predicted octanol–water partition coefficient (Wildman–Crippen LogP) is 3.19. The maximum absolute atomic E-state index is 12.1. The van der Waals surface area contributed by atoms with Crippen LogP contribution in [0.1, 0.15) is 6.92 Å². The number of para-hydroxylation sites is 1. The van der Waals surface area contributed by atoms with E-state index in [0.717, 1.165) is 4.47 Å². The quantitative estimate of drug-likeness (QED) is 0.850. The van der Waals surface area contributed by atoms with Crippen LogP contribution in [-0.2, 0) is 10.0 Å². The summed E-state index contributed by atoms with van der Waals surface area (Å²) in [6, 6.07) is 15.8. The van der Waals surface area contributed by atoms with Crippen molar-refractivity contribution in [1.82, 2.24) is 4.72 Å². The molecule has 0 saturated heterocycles. The average molecular weight is 370 g/mol. The van der Waals surface area contributed by atoms with Crippen molar-refractivity contribution in [2.45, 2.75) is 17.9 Å². The molecule has 4 nitrogen and oxygen atoms in total. The van der Waals surface area contributed by atoms with Gasteiger partial charge < -0.3 is 4.74 Å². The first-order valence-electron chi connectivity index (χ1n) is 6.44. The van der Waals surface area contributed by atoms with Gasteiger partial charge in [-0.3, -0.25) is 0 Å². The topological polar surface area (TPSA) is 55.4 Å². The molecule has 0 aromatic heterocycles. The molecule has 6 heteroatoms. The fraction of sp³-hybridized carbons (Fsp3) is 0.200. The Bertz CT molecular complexity index is 672. The Morgan fingerprint density at radius 3 is 2.33 bits per heavy atom. The highest BCUT2D eigenvalue weighted by atomic mass is 79.9. The number of ether oxygens (including phenoxy) is 1. The first-order chi connectivity index (χ1) is 9.97. The summed E-state index contributed by atoms with van der Waals surface area (Å²) in [5, 5.41) is 0. The minimum Gasteiger partial charge on any atom is -0.489 e. The number of halogens is 1. The molecular weight excluding hydrogens is 354 g/mol. The van der Waals surface area contributed by atoms with Crippen molar-refractivity contribution < 1.29 is 13.2 Å². The Morgan fingerprint density at radius 2 is 1.71 bits per heavy atom. The van der Waals surface area contributed by atoms with E-state index >= 15 is 0 Å². The Balaban J connectivity index is 1.94. The van der Waals surface area contributed by atoms with Gasteiger partial charge >= 0.3 is 0 Å². The number of rotatable bonds is 6. The number of sulfonamides is 1. The largest absolute Gasteiger partial charge is 0.489 e. The molecule has 0 aliphatic carbocycles. The lowest BCUT2D eigenvalue weighted by Crippen LogP contribution is -2.33. The van der Waals surface area contributed by atoms with Crippen LogP contribution < -0.4 is 9.46 Å². The lowest BCUT2D eigenvalue weighted by atomic mass is 10.3. The zero-order valence-electron chi connectivity index (χ0n) is 11.5. The van der Waals surface area contributed by atoms with Crippen LogP contribution >= 0.6 is 15.9 Å². The van der Waals surface area contributed by atoms with E-state index in [0.29, 0.717) is 5.75 Å². The Kier molecular flexibility index (Phi) is 5.39. The van der Waals surface area contributed by atoms with E-state index in [1.54, 1.807) is 24.3 Å². The lowest BCUT2D eigenvalue weighted by molar-refractivity contribution is 0.225. The average Bonchev–Trinajstić information content (AvgIpc) is 2.47. The van der Waals surface area contributed by atoms with E-state index in [2.05, 4.69) is 20.7 Å². The second-order valence-corrected chi connectivity index (χ2v) is 7.23. The Labute approximate surface area is 133 Å².